The van der Waals surface area contributed by atoms with Crippen LogP contribution in [0.2, 0.25) is 0 Å². The highest BCUT2D eigenvalue weighted by molar-refractivity contribution is 5.87. The van der Waals surface area contributed by atoms with Crippen molar-refractivity contribution >= 4 is 28.5 Å². The summed E-state index contributed by atoms with van der Waals surface area (Å²) in [5, 5.41) is 7.73. The summed E-state index contributed by atoms with van der Waals surface area (Å²) in [5.41, 5.74) is 10.4. The summed E-state index contributed by atoms with van der Waals surface area (Å²) in [4.78, 5) is 14.2. The highest BCUT2D eigenvalue weighted by Gasteiger charge is 2.30. The van der Waals surface area contributed by atoms with E-state index in [1.54, 1.807) is 0 Å². The number of benzene rings is 1. The molecule has 3 aromatic rings. The average Bonchev–Trinajstić information content (AvgIpc) is 3.18. The maximum Gasteiger partial charge on any atom is 0.183 e. The van der Waals surface area contributed by atoms with Gasteiger partial charge in [-0.3, -0.25) is 5.10 Å². The van der Waals surface area contributed by atoms with Gasteiger partial charge in [0.05, 0.1) is 6.20 Å². The van der Waals surface area contributed by atoms with E-state index in [2.05, 4.69) is 58.1 Å². The van der Waals surface area contributed by atoms with E-state index in [1.165, 1.54) is 11.3 Å². The van der Waals surface area contributed by atoms with Gasteiger partial charge in [0.25, 0.3) is 0 Å². The van der Waals surface area contributed by atoms with E-state index in [0.29, 0.717) is 5.92 Å². The monoisotopic (exact) mass is 391 g/mol. The van der Waals surface area contributed by atoms with Crippen molar-refractivity contribution in [3.05, 3.63) is 36.0 Å². The molecule has 2 aromatic heterocycles. The molecule has 0 spiro atoms. The molecule has 1 unspecified atom stereocenters. The molecule has 0 amide bonds. The Labute approximate surface area is 171 Å². The first-order chi connectivity index (χ1) is 14.1. The van der Waals surface area contributed by atoms with Crippen molar-refractivity contribution in [2.24, 2.45) is 11.1 Å². The second-order valence-corrected chi connectivity index (χ2v) is 8.87. The fourth-order valence-electron chi connectivity index (χ4n) is 4.57. The Hall–Kier alpha value is -2.67. The van der Waals surface area contributed by atoms with Gasteiger partial charge in [0.15, 0.2) is 17.0 Å². The van der Waals surface area contributed by atoms with Crippen LogP contribution in [0.5, 0.6) is 0 Å². The molecule has 3 N–H and O–H groups in total. The Morgan fingerprint density at radius 1 is 1.21 bits per heavy atom. The molecule has 5 rings (SSSR count). The molecule has 1 fully saturated rings. The van der Waals surface area contributed by atoms with E-state index < -0.39 is 0 Å². The second kappa shape index (κ2) is 6.99. The molecule has 7 nitrogen and oxygen atoms in total. The van der Waals surface area contributed by atoms with Crippen LogP contribution in [0.15, 0.2) is 30.5 Å². The number of fused-ring (bicyclic) bond motifs is 2. The van der Waals surface area contributed by atoms with E-state index in [1.807, 2.05) is 6.20 Å². The van der Waals surface area contributed by atoms with Gasteiger partial charge in [0.1, 0.15) is 5.82 Å². The minimum atomic E-state index is 0.244. The van der Waals surface area contributed by atoms with Crippen LogP contribution in [0.1, 0.15) is 44.6 Å². The lowest BCUT2D eigenvalue weighted by Gasteiger charge is -2.39. The molecule has 1 saturated heterocycles. The van der Waals surface area contributed by atoms with Gasteiger partial charge < -0.3 is 15.5 Å². The van der Waals surface area contributed by atoms with Crippen molar-refractivity contribution in [3.63, 3.8) is 0 Å². The SMILES string of the molecule is CC1CCN(c2n[nH]c3nc(N4CCC(C)(CN)CC4)cnc23)c2ccccc21. The minimum Gasteiger partial charge on any atom is -0.355 e. The van der Waals surface area contributed by atoms with Crippen molar-refractivity contribution in [1.82, 2.24) is 20.2 Å². The third-order valence-electron chi connectivity index (χ3n) is 6.83. The fourth-order valence-corrected chi connectivity index (χ4v) is 4.57. The van der Waals surface area contributed by atoms with E-state index in [9.17, 15) is 0 Å². The van der Waals surface area contributed by atoms with E-state index in [4.69, 9.17) is 15.7 Å². The molecule has 7 heteroatoms. The largest absolute Gasteiger partial charge is 0.355 e. The van der Waals surface area contributed by atoms with Crippen molar-refractivity contribution in [3.8, 4) is 0 Å². The van der Waals surface area contributed by atoms with Crippen LogP contribution in [0.3, 0.4) is 0 Å². The summed E-state index contributed by atoms with van der Waals surface area (Å²) in [6, 6.07) is 8.60. The summed E-state index contributed by atoms with van der Waals surface area (Å²) < 4.78 is 0. The number of hydrogen-bond acceptors (Lipinski definition) is 6. The number of H-pyrrole nitrogens is 1. The first kappa shape index (κ1) is 18.4. The highest BCUT2D eigenvalue weighted by atomic mass is 15.3. The Kier molecular flexibility index (Phi) is 4.42. The summed E-state index contributed by atoms with van der Waals surface area (Å²) >= 11 is 0. The first-order valence-electron chi connectivity index (χ1n) is 10.6. The van der Waals surface area contributed by atoms with Gasteiger partial charge in [-0.05, 0) is 48.8 Å². The van der Waals surface area contributed by atoms with Crippen molar-refractivity contribution in [2.75, 3.05) is 36.0 Å². The van der Waals surface area contributed by atoms with Crippen LogP contribution < -0.4 is 15.5 Å². The number of para-hydroxylation sites is 1. The summed E-state index contributed by atoms with van der Waals surface area (Å²) in [5.74, 6) is 2.34. The zero-order valence-electron chi connectivity index (χ0n) is 17.2. The van der Waals surface area contributed by atoms with Gasteiger partial charge in [-0.15, -0.1) is 0 Å². The van der Waals surface area contributed by atoms with Gasteiger partial charge in [-0.2, -0.15) is 5.10 Å². The van der Waals surface area contributed by atoms with Crippen LogP contribution >= 0.6 is 0 Å². The predicted octanol–water partition coefficient (Wildman–Crippen LogP) is 3.56. The molecule has 1 atom stereocenters. The molecule has 2 aliphatic rings. The summed E-state index contributed by atoms with van der Waals surface area (Å²) in [7, 11) is 0. The zero-order valence-corrected chi connectivity index (χ0v) is 17.2. The van der Waals surface area contributed by atoms with E-state index in [-0.39, 0.29) is 5.41 Å². The molecule has 152 valence electrons. The number of nitrogens with one attached hydrogen (secondary N) is 1. The van der Waals surface area contributed by atoms with Gasteiger partial charge in [0.2, 0.25) is 0 Å². The van der Waals surface area contributed by atoms with Gasteiger partial charge in [-0.1, -0.05) is 32.0 Å². The van der Waals surface area contributed by atoms with Crippen LogP contribution in [-0.4, -0.2) is 46.3 Å². The topological polar surface area (TPSA) is 87.0 Å². The maximum atomic E-state index is 5.95. The second-order valence-electron chi connectivity index (χ2n) is 8.87. The maximum absolute atomic E-state index is 5.95. The number of anilines is 3. The fraction of sp³-hybridized carbons (Fsp3) is 0.500. The van der Waals surface area contributed by atoms with Crippen molar-refractivity contribution in [2.45, 2.75) is 39.0 Å². The molecular formula is C22H29N7. The standard InChI is InChI=1S/C22H29N7/c1-15-7-10-29(17-6-4-3-5-16(15)17)21-19-20(26-27-21)25-18(13-24-19)28-11-8-22(2,14-23)9-12-28/h3-6,13,15H,7-12,14,23H2,1-2H3,(H,25,26,27). The molecular weight excluding hydrogens is 362 g/mol. The normalized spacial score (nSPS) is 21.4. The number of aromatic amines is 1. The van der Waals surface area contributed by atoms with Crippen molar-refractivity contribution in [1.29, 1.82) is 0 Å². The molecule has 2 aliphatic heterocycles. The van der Waals surface area contributed by atoms with Crippen molar-refractivity contribution < 1.29 is 0 Å². The number of nitrogens with zero attached hydrogens (tertiary/aromatic N) is 5. The minimum absolute atomic E-state index is 0.244. The zero-order chi connectivity index (χ0) is 20.0. The van der Waals surface area contributed by atoms with Crippen LogP contribution in [0.4, 0.5) is 17.3 Å². The van der Waals surface area contributed by atoms with Gasteiger partial charge in [0, 0.05) is 25.3 Å². The quantitative estimate of drug-likeness (QED) is 0.710. The predicted molar refractivity (Wildman–Crippen MR) is 117 cm³/mol. The smallest absolute Gasteiger partial charge is 0.183 e. The van der Waals surface area contributed by atoms with Gasteiger partial charge in [-0.25, -0.2) is 9.97 Å². The number of piperidine rings is 1. The van der Waals surface area contributed by atoms with E-state index in [0.717, 1.165) is 68.2 Å². The molecule has 0 saturated carbocycles. The first-order valence-corrected chi connectivity index (χ1v) is 10.6. The molecule has 0 aliphatic carbocycles. The molecule has 1 aromatic carbocycles. The van der Waals surface area contributed by atoms with Crippen LogP contribution in [-0.2, 0) is 0 Å². The lowest BCUT2D eigenvalue weighted by molar-refractivity contribution is 0.258. The Morgan fingerprint density at radius 2 is 2.00 bits per heavy atom. The third-order valence-corrected chi connectivity index (χ3v) is 6.83. The number of nitrogens with two attached hydrogens (primary N) is 1. The summed E-state index contributed by atoms with van der Waals surface area (Å²) in [6.45, 7) is 8.17. The van der Waals surface area contributed by atoms with E-state index >= 15 is 0 Å². The Balaban J connectivity index is 1.45. The van der Waals surface area contributed by atoms with Crippen LogP contribution in [0.25, 0.3) is 11.2 Å². The number of hydrogen-bond donors (Lipinski definition) is 2. The third kappa shape index (κ3) is 3.13. The summed E-state index contributed by atoms with van der Waals surface area (Å²) in [6.07, 6.45) is 5.16. The molecule has 4 heterocycles. The molecule has 29 heavy (non-hydrogen) atoms. The molecule has 0 radical (unpaired) electrons. The number of aromatic nitrogens is 4. The average molecular weight is 392 g/mol. The highest BCUT2D eigenvalue weighted by Crippen LogP contribution is 2.40. The van der Waals surface area contributed by atoms with Gasteiger partial charge >= 0.3 is 0 Å². The Morgan fingerprint density at radius 3 is 2.79 bits per heavy atom. The lowest BCUT2D eigenvalue weighted by atomic mass is 9.80. The number of rotatable bonds is 3. The van der Waals surface area contributed by atoms with Crippen LogP contribution in [0, 0.1) is 5.41 Å². The lowest BCUT2D eigenvalue weighted by Crippen LogP contribution is -2.42. The molecule has 0 bridgehead atoms. The Bertz CT molecular complexity index is 1020.